The van der Waals surface area contributed by atoms with Gasteiger partial charge in [0.05, 0.1) is 11.9 Å². The zero-order valence-corrected chi connectivity index (χ0v) is 13.6. The molecule has 0 aliphatic heterocycles. The van der Waals surface area contributed by atoms with Crippen molar-refractivity contribution in [3.8, 4) is 5.69 Å². The summed E-state index contributed by atoms with van der Waals surface area (Å²) >= 11 is 0. The van der Waals surface area contributed by atoms with Crippen molar-refractivity contribution in [2.24, 2.45) is 0 Å². The molecule has 8 nitrogen and oxygen atoms in total. The van der Waals surface area contributed by atoms with E-state index in [0.717, 1.165) is 10.4 Å². The van der Waals surface area contributed by atoms with Crippen LogP contribution in [0.15, 0.2) is 71.7 Å². The third kappa shape index (κ3) is 2.95. The van der Waals surface area contributed by atoms with Crippen molar-refractivity contribution in [3.63, 3.8) is 0 Å². The minimum Gasteiger partial charge on any atom is -0.324 e. The molecule has 2 aromatic carbocycles. The second-order valence-corrected chi connectivity index (χ2v) is 5.60. The van der Waals surface area contributed by atoms with Crippen LogP contribution in [0.25, 0.3) is 16.7 Å². The maximum absolute atomic E-state index is 12.6. The van der Waals surface area contributed by atoms with E-state index in [2.05, 4.69) is 20.7 Å². The molecular formula is C18H14N6O2. The Morgan fingerprint density at radius 3 is 2.42 bits per heavy atom. The highest BCUT2D eigenvalue weighted by atomic mass is 16.2. The maximum atomic E-state index is 12.6. The molecule has 1 N–H and O–H groups in total. The summed E-state index contributed by atoms with van der Waals surface area (Å²) in [7, 11) is 0. The fourth-order valence-corrected chi connectivity index (χ4v) is 2.58. The number of amides is 1. The number of aromatic nitrogens is 5. The lowest BCUT2D eigenvalue weighted by atomic mass is 10.3. The van der Waals surface area contributed by atoms with Gasteiger partial charge in [0.15, 0.2) is 5.65 Å². The number of anilines is 1. The Morgan fingerprint density at radius 2 is 1.69 bits per heavy atom. The van der Waals surface area contributed by atoms with E-state index in [9.17, 15) is 9.59 Å². The summed E-state index contributed by atoms with van der Waals surface area (Å²) in [5, 5.41) is 15.2. The normalized spacial score (nSPS) is 10.8. The second kappa shape index (κ2) is 6.60. The van der Waals surface area contributed by atoms with Gasteiger partial charge in [-0.3, -0.25) is 9.59 Å². The summed E-state index contributed by atoms with van der Waals surface area (Å²) in [6.07, 6.45) is 1.44. The molecule has 26 heavy (non-hydrogen) atoms. The summed E-state index contributed by atoms with van der Waals surface area (Å²) in [5.41, 5.74) is 1.36. The Balaban J connectivity index is 1.63. The highest BCUT2D eigenvalue weighted by molar-refractivity contribution is 5.90. The summed E-state index contributed by atoms with van der Waals surface area (Å²) in [6.45, 7) is -0.229. The number of nitrogens with one attached hydrogen (secondary N) is 1. The molecule has 0 spiro atoms. The van der Waals surface area contributed by atoms with Crippen LogP contribution in [-0.4, -0.2) is 30.7 Å². The fourth-order valence-electron chi connectivity index (χ4n) is 2.58. The van der Waals surface area contributed by atoms with Crippen LogP contribution in [-0.2, 0) is 11.3 Å². The first kappa shape index (κ1) is 15.7. The van der Waals surface area contributed by atoms with Crippen LogP contribution >= 0.6 is 0 Å². The van der Waals surface area contributed by atoms with Gasteiger partial charge in [0.25, 0.3) is 5.56 Å². The van der Waals surface area contributed by atoms with E-state index in [4.69, 9.17) is 0 Å². The molecule has 128 valence electrons. The van der Waals surface area contributed by atoms with Crippen LogP contribution in [0.4, 0.5) is 5.69 Å². The van der Waals surface area contributed by atoms with Gasteiger partial charge in [0.2, 0.25) is 5.91 Å². The zero-order chi connectivity index (χ0) is 17.9. The van der Waals surface area contributed by atoms with Crippen molar-refractivity contribution in [2.45, 2.75) is 6.54 Å². The Morgan fingerprint density at radius 1 is 1.00 bits per heavy atom. The Bertz CT molecular complexity index is 1120. The van der Waals surface area contributed by atoms with Crippen molar-refractivity contribution in [2.75, 3.05) is 5.32 Å². The monoisotopic (exact) mass is 346 g/mol. The highest BCUT2D eigenvalue weighted by Crippen LogP contribution is 2.12. The molecule has 0 bridgehead atoms. The fraction of sp³-hybridized carbons (Fsp3) is 0.0556. The highest BCUT2D eigenvalue weighted by Gasteiger charge is 2.14. The quantitative estimate of drug-likeness (QED) is 0.606. The molecule has 0 atom stereocenters. The van der Waals surface area contributed by atoms with Gasteiger partial charge in [-0.15, -0.1) is 5.10 Å². The number of fused-ring (bicyclic) bond motifs is 1. The Hall–Kier alpha value is -3.81. The summed E-state index contributed by atoms with van der Waals surface area (Å²) in [5.74, 6) is -0.359. The molecule has 0 unspecified atom stereocenters. The molecule has 0 fully saturated rings. The largest absolute Gasteiger partial charge is 0.324 e. The number of rotatable bonds is 4. The average Bonchev–Trinajstić information content (AvgIpc) is 3.10. The summed E-state index contributed by atoms with van der Waals surface area (Å²) in [6, 6.07) is 18.3. The lowest BCUT2D eigenvalue weighted by molar-refractivity contribution is -0.117. The van der Waals surface area contributed by atoms with Gasteiger partial charge in [0.1, 0.15) is 11.9 Å². The first-order valence-electron chi connectivity index (χ1n) is 7.94. The van der Waals surface area contributed by atoms with Crippen LogP contribution in [0, 0.1) is 0 Å². The van der Waals surface area contributed by atoms with Gasteiger partial charge in [-0.05, 0) is 24.3 Å². The van der Waals surface area contributed by atoms with Crippen molar-refractivity contribution >= 4 is 22.6 Å². The molecule has 4 aromatic rings. The van der Waals surface area contributed by atoms with E-state index in [0.29, 0.717) is 16.7 Å². The Labute approximate surface area is 147 Å². The number of hydrogen-bond donors (Lipinski definition) is 1. The van der Waals surface area contributed by atoms with Crippen LogP contribution in [0.1, 0.15) is 0 Å². The first-order chi connectivity index (χ1) is 12.7. The van der Waals surface area contributed by atoms with Crippen molar-refractivity contribution in [1.29, 1.82) is 0 Å². The predicted molar refractivity (Wildman–Crippen MR) is 96.0 cm³/mol. The van der Waals surface area contributed by atoms with E-state index in [1.54, 1.807) is 12.1 Å². The van der Waals surface area contributed by atoms with E-state index in [-0.39, 0.29) is 12.5 Å². The van der Waals surface area contributed by atoms with E-state index in [1.165, 1.54) is 10.9 Å². The van der Waals surface area contributed by atoms with Gasteiger partial charge < -0.3 is 5.32 Å². The number of carbonyl (C=O) groups is 1. The number of nitrogens with zero attached hydrogens (tertiary/aromatic N) is 5. The molecule has 0 aliphatic rings. The molecule has 2 heterocycles. The van der Waals surface area contributed by atoms with Crippen LogP contribution in [0.2, 0.25) is 0 Å². The topological polar surface area (TPSA) is 94.7 Å². The molecule has 1 amide bonds. The minimum absolute atomic E-state index is 0.229. The van der Waals surface area contributed by atoms with E-state index in [1.807, 2.05) is 48.5 Å². The molecular weight excluding hydrogens is 332 g/mol. The standard InChI is InChI=1S/C18H14N6O2/c25-16(20-13-7-3-1-4-8-13)12-23-18(26)15-11-19-24(17(15)21-22-23)14-9-5-2-6-10-14/h1-11H,12H2,(H,20,25). The lowest BCUT2D eigenvalue weighted by Crippen LogP contribution is -2.30. The SMILES string of the molecule is O=C(Cn1nnc2c(cnn2-c2ccccc2)c1=O)Nc1ccccc1. The molecule has 0 aliphatic carbocycles. The van der Waals surface area contributed by atoms with Gasteiger partial charge in [-0.25, -0.2) is 9.36 Å². The van der Waals surface area contributed by atoms with Gasteiger partial charge in [-0.2, -0.15) is 5.10 Å². The molecule has 0 saturated heterocycles. The van der Waals surface area contributed by atoms with Gasteiger partial charge in [0, 0.05) is 5.69 Å². The second-order valence-electron chi connectivity index (χ2n) is 5.60. The van der Waals surface area contributed by atoms with Gasteiger partial charge >= 0.3 is 0 Å². The number of hydrogen-bond acceptors (Lipinski definition) is 5. The molecule has 8 heteroatoms. The van der Waals surface area contributed by atoms with Crippen LogP contribution < -0.4 is 10.9 Å². The number of benzene rings is 2. The van der Waals surface area contributed by atoms with Crippen molar-refractivity contribution in [3.05, 3.63) is 77.2 Å². The summed E-state index contributed by atoms with van der Waals surface area (Å²) < 4.78 is 2.57. The molecule has 4 rings (SSSR count). The van der Waals surface area contributed by atoms with Crippen LogP contribution in [0.3, 0.4) is 0 Å². The molecule has 2 aromatic heterocycles. The van der Waals surface area contributed by atoms with Crippen LogP contribution in [0.5, 0.6) is 0 Å². The average molecular weight is 346 g/mol. The lowest BCUT2D eigenvalue weighted by Gasteiger charge is -2.06. The minimum atomic E-state index is -0.416. The van der Waals surface area contributed by atoms with Crippen molar-refractivity contribution < 1.29 is 4.79 Å². The third-order valence-electron chi connectivity index (χ3n) is 3.81. The Kier molecular flexibility index (Phi) is 3.98. The maximum Gasteiger partial charge on any atom is 0.281 e. The predicted octanol–water partition coefficient (Wildman–Crippen LogP) is 1.62. The van der Waals surface area contributed by atoms with E-state index < -0.39 is 5.56 Å². The first-order valence-corrected chi connectivity index (χ1v) is 7.94. The third-order valence-corrected chi connectivity index (χ3v) is 3.81. The van der Waals surface area contributed by atoms with Gasteiger partial charge in [-0.1, -0.05) is 41.6 Å². The van der Waals surface area contributed by atoms with E-state index >= 15 is 0 Å². The summed E-state index contributed by atoms with van der Waals surface area (Å²) in [4.78, 5) is 24.7. The number of para-hydroxylation sites is 2. The molecule has 0 radical (unpaired) electrons. The molecule has 0 saturated carbocycles. The zero-order valence-electron chi connectivity index (χ0n) is 13.6. The smallest absolute Gasteiger partial charge is 0.281 e. The number of carbonyl (C=O) groups excluding carboxylic acids is 1. The van der Waals surface area contributed by atoms with Crippen molar-refractivity contribution in [1.82, 2.24) is 24.8 Å².